The highest BCUT2D eigenvalue weighted by Crippen LogP contribution is 2.28. The molecule has 0 aliphatic carbocycles. The number of anilines is 1. The minimum absolute atomic E-state index is 0.176. The molecule has 1 saturated heterocycles. The lowest BCUT2D eigenvalue weighted by Gasteiger charge is -2.27. The molecule has 16 heavy (non-hydrogen) atoms. The molecule has 1 aliphatic heterocycles. The fourth-order valence-electron chi connectivity index (χ4n) is 1.73. The average molecular weight is 240 g/mol. The van der Waals surface area contributed by atoms with E-state index in [-0.39, 0.29) is 6.10 Å². The fourth-order valence-corrected chi connectivity index (χ4v) is 2.62. The van der Waals surface area contributed by atoms with Crippen molar-refractivity contribution in [3.05, 3.63) is 23.4 Å². The lowest BCUT2D eigenvalue weighted by atomic mass is 10.0. The monoisotopic (exact) mass is 240 g/mol. The van der Waals surface area contributed by atoms with Gasteiger partial charge in [-0.3, -0.25) is 0 Å². The summed E-state index contributed by atoms with van der Waals surface area (Å²) in [4.78, 5) is 4.05. The quantitative estimate of drug-likeness (QED) is 0.811. The minimum Gasteiger partial charge on any atom is -0.386 e. The lowest BCUT2D eigenvalue weighted by molar-refractivity contribution is -0.0225. The Morgan fingerprint density at radius 1 is 1.69 bits per heavy atom. The number of nitrogens with zero attached hydrogens (tertiary/aromatic N) is 1. The van der Waals surface area contributed by atoms with Crippen LogP contribution in [0, 0.1) is 6.92 Å². The molecule has 88 valence electrons. The van der Waals surface area contributed by atoms with Crippen molar-refractivity contribution in [2.24, 2.45) is 0 Å². The maximum Gasteiger partial charge on any atom is 0.129 e. The Morgan fingerprint density at radius 2 is 2.50 bits per heavy atom. The van der Waals surface area contributed by atoms with Gasteiger partial charge >= 0.3 is 0 Å². The van der Waals surface area contributed by atoms with Gasteiger partial charge in [-0.05, 0) is 18.6 Å². The van der Waals surface area contributed by atoms with E-state index in [0.29, 0.717) is 18.0 Å². The number of pyridine rings is 1. The maximum atomic E-state index is 10.2. The third kappa shape index (κ3) is 2.48. The van der Waals surface area contributed by atoms with Crippen LogP contribution in [-0.4, -0.2) is 34.3 Å². The van der Waals surface area contributed by atoms with E-state index < -0.39 is 6.10 Å². The molecule has 1 fully saturated rings. The zero-order valence-corrected chi connectivity index (χ0v) is 10.0. The van der Waals surface area contributed by atoms with Crippen LogP contribution in [0.1, 0.15) is 17.2 Å². The zero-order valence-electron chi connectivity index (χ0n) is 9.22. The summed E-state index contributed by atoms with van der Waals surface area (Å²) in [5, 5.41) is 10.2. The number of nitrogens with two attached hydrogens (primary N) is 1. The number of hydrogen-bond donors (Lipinski definition) is 2. The van der Waals surface area contributed by atoms with Gasteiger partial charge < -0.3 is 15.6 Å². The first kappa shape index (κ1) is 11.7. The Bertz CT molecular complexity index is 367. The van der Waals surface area contributed by atoms with Gasteiger partial charge in [0, 0.05) is 23.3 Å². The Labute approximate surface area is 99.2 Å². The molecule has 0 amide bonds. The molecular weight excluding hydrogens is 224 g/mol. The SMILES string of the molecule is Cc1cnc(N)c(C(O)C2CSCCO2)c1. The van der Waals surface area contributed by atoms with Crippen molar-refractivity contribution in [3.8, 4) is 0 Å². The number of hydrogen-bond acceptors (Lipinski definition) is 5. The zero-order chi connectivity index (χ0) is 11.5. The Hall–Kier alpha value is -0.780. The van der Waals surface area contributed by atoms with Crippen LogP contribution >= 0.6 is 11.8 Å². The van der Waals surface area contributed by atoms with Crippen LogP contribution in [-0.2, 0) is 4.74 Å². The highest BCUT2D eigenvalue weighted by Gasteiger charge is 2.26. The van der Waals surface area contributed by atoms with Crippen LogP contribution in [0.3, 0.4) is 0 Å². The average Bonchev–Trinajstić information content (AvgIpc) is 2.32. The highest BCUT2D eigenvalue weighted by molar-refractivity contribution is 7.99. The van der Waals surface area contributed by atoms with Gasteiger partial charge in [-0.25, -0.2) is 4.98 Å². The first-order valence-corrected chi connectivity index (χ1v) is 6.43. The molecule has 2 rings (SSSR count). The van der Waals surface area contributed by atoms with Gasteiger partial charge in [0.15, 0.2) is 0 Å². The number of aromatic nitrogens is 1. The van der Waals surface area contributed by atoms with Gasteiger partial charge in [0.2, 0.25) is 0 Å². The van der Waals surface area contributed by atoms with Crippen LogP contribution in [0.15, 0.2) is 12.3 Å². The number of aliphatic hydroxyl groups excluding tert-OH is 1. The molecular formula is C11H16N2O2S. The molecule has 1 aliphatic rings. The Kier molecular flexibility index (Phi) is 3.68. The minimum atomic E-state index is -0.680. The van der Waals surface area contributed by atoms with Crippen molar-refractivity contribution in [2.75, 3.05) is 23.8 Å². The lowest BCUT2D eigenvalue weighted by Crippen LogP contribution is -2.30. The predicted octanol–water partition coefficient (Wildman–Crippen LogP) is 1.14. The smallest absolute Gasteiger partial charge is 0.129 e. The molecule has 0 bridgehead atoms. The summed E-state index contributed by atoms with van der Waals surface area (Å²) >= 11 is 1.79. The van der Waals surface area contributed by atoms with Crippen molar-refractivity contribution in [3.63, 3.8) is 0 Å². The Balaban J connectivity index is 2.18. The normalized spacial score (nSPS) is 23.0. The largest absolute Gasteiger partial charge is 0.386 e. The number of aliphatic hydroxyl groups is 1. The van der Waals surface area contributed by atoms with Gasteiger partial charge in [0.05, 0.1) is 12.7 Å². The summed E-state index contributed by atoms with van der Waals surface area (Å²) in [6.07, 6.45) is 0.840. The molecule has 3 N–H and O–H groups in total. The standard InChI is InChI=1S/C11H16N2O2S/c1-7-4-8(11(12)13-5-7)10(14)9-6-16-3-2-15-9/h4-5,9-10,14H,2-3,6H2,1H3,(H2,12,13). The molecule has 0 saturated carbocycles. The van der Waals surface area contributed by atoms with Gasteiger partial charge in [-0.1, -0.05) is 0 Å². The molecule has 0 radical (unpaired) electrons. The number of rotatable bonds is 2. The van der Waals surface area contributed by atoms with E-state index in [2.05, 4.69) is 4.98 Å². The summed E-state index contributed by atoms with van der Waals surface area (Å²) in [7, 11) is 0. The van der Waals surface area contributed by atoms with Crippen LogP contribution in [0.5, 0.6) is 0 Å². The summed E-state index contributed by atoms with van der Waals surface area (Å²) in [6, 6.07) is 1.87. The third-order valence-electron chi connectivity index (χ3n) is 2.60. The van der Waals surface area contributed by atoms with Crippen molar-refractivity contribution < 1.29 is 9.84 Å². The first-order chi connectivity index (χ1) is 7.68. The van der Waals surface area contributed by atoms with Gasteiger partial charge in [-0.2, -0.15) is 11.8 Å². The van der Waals surface area contributed by atoms with Crippen LogP contribution in [0.25, 0.3) is 0 Å². The molecule has 4 nitrogen and oxygen atoms in total. The predicted molar refractivity (Wildman–Crippen MR) is 65.4 cm³/mol. The molecule has 2 atom stereocenters. The maximum absolute atomic E-state index is 10.2. The van der Waals surface area contributed by atoms with E-state index in [4.69, 9.17) is 10.5 Å². The highest BCUT2D eigenvalue weighted by atomic mass is 32.2. The third-order valence-corrected chi connectivity index (χ3v) is 3.62. The van der Waals surface area contributed by atoms with Crippen molar-refractivity contribution >= 4 is 17.6 Å². The molecule has 2 unspecified atom stereocenters. The summed E-state index contributed by atoms with van der Waals surface area (Å²) in [5.74, 6) is 2.18. The van der Waals surface area contributed by atoms with E-state index in [0.717, 1.165) is 17.1 Å². The molecule has 0 aromatic carbocycles. The summed E-state index contributed by atoms with van der Waals surface area (Å²) in [6.45, 7) is 2.62. The van der Waals surface area contributed by atoms with Crippen LogP contribution in [0.2, 0.25) is 0 Å². The van der Waals surface area contributed by atoms with E-state index in [1.807, 2.05) is 13.0 Å². The molecule has 1 aromatic rings. The van der Waals surface area contributed by atoms with Crippen molar-refractivity contribution in [1.29, 1.82) is 0 Å². The second-order valence-corrected chi connectivity index (χ2v) is 5.07. The van der Waals surface area contributed by atoms with E-state index >= 15 is 0 Å². The van der Waals surface area contributed by atoms with E-state index in [9.17, 15) is 5.11 Å². The van der Waals surface area contributed by atoms with Gasteiger partial charge in [-0.15, -0.1) is 0 Å². The Morgan fingerprint density at radius 3 is 3.19 bits per heavy atom. The van der Waals surface area contributed by atoms with Gasteiger partial charge in [0.25, 0.3) is 0 Å². The summed E-state index contributed by atoms with van der Waals surface area (Å²) in [5.41, 5.74) is 7.43. The van der Waals surface area contributed by atoms with Crippen molar-refractivity contribution in [1.82, 2.24) is 4.98 Å². The van der Waals surface area contributed by atoms with Crippen LogP contribution < -0.4 is 5.73 Å². The number of nitrogen functional groups attached to an aromatic ring is 1. The topological polar surface area (TPSA) is 68.4 Å². The molecule has 5 heteroatoms. The number of ether oxygens (including phenoxy) is 1. The first-order valence-electron chi connectivity index (χ1n) is 5.28. The van der Waals surface area contributed by atoms with E-state index in [1.165, 1.54) is 0 Å². The summed E-state index contributed by atoms with van der Waals surface area (Å²) < 4.78 is 5.53. The molecule has 2 heterocycles. The second-order valence-electron chi connectivity index (χ2n) is 3.92. The number of aryl methyl sites for hydroxylation is 1. The van der Waals surface area contributed by atoms with Gasteiger partial charge in [0.1, 0.15) is 11.9 Å². The van der Waals surface area contributed by atoms with Crippen LogP contribution in [0.4, 0.5) is 5.82 Å². The molecule has 1 aromatic heterocycles. The fraction of sp³-hybridized carbons (Fsp3) is 0.545. The molecule has 0 spiro atoms. The number of thioether (sulfide) groups is 1. The van der Waals surface area contributed by atoms with E-state index in [1.54, 1.807) is 18.0 Å². The van der Waals surface area contributed by atoms with Crippen molar-refractivity contribution in [2.45, 2.75) is 19.1 Å². The second kappa shape index (κ2) is 5.03.